The summed E-state index contributed by atoms with van der Waals surface area (Å²) in [5.74, 6) is -0.357. The summed E-state index contributed by atoms with van der Waals surface area (Å²) >= 11 is 0. The number of aromatic nitrogens is 2. The third-order valence-corrected chi connectivity index (χ3v) is 7.96. The Hall–Kier alpha value is -3.34. The first-order chi connectivity index (χ1) is 16.8. The second kappa shape index (κ2) is 10.5. The molecule has 0 saturated carbocycles. The maximum absolute atomic E-state index is 13.3. The first kappa shape index (κ1) is 24.8. The smallest absolute Gasteiger partial charge is 0.267 e. The van der Waals surface area contributed by atoms with Gasteiger partial charge in [-0.05, 0) is 43.2 Å². The lowest BCUT2D eigenvalue weighted by atomic mass is 10.1. The maximum atomic E-state index is 13.3. The van der Waals surface area contributed by atoms with E-state index in [1.807, 2.05) is 18.2 Å². The molecule has 0 aliphatic carbocycles. The number of nitrogens with zero attached hydrogens (tertiary/aromatic N) is 3. The number of carbonyl (C=O) groups excluding carboxylic acids is 1. The van der Waals surface area contributed by atoms with Gasteiger partial charge in [-0.25, -0.2) is 13.1 Å². The molecule has 1 unspecified atom stereocenters. The number of anilines is 1. The largest absolute Gasteiger partial charge is 0.379 e. The van der Waals surface area contributed by atoms with Crippen LogP contribution in [0.5, 0.6) is 0 Å². The van der Waals surface area contributed by atoms with E-state index in [1.54, 1.807) is 44.2 Å². The summed E-state index contributed by atoms with van der Waals surface area (Å²) in [6.07, 6.45) is 0.347. The molecule has 1 amide bonds. The van der Waals surface area contributed by atoms with Gasteiger partial charge in [0.1, 0.15) is 6.04 Å². The maximum Gasteiger partial charge on any atom is 0.267 e. The van der Waals surface area contributed by atoms with Gasteiger partial charge < -0.3 is 10.1 Å². The number of aryl methyl sites for hydroxylation is 1. The standard InChI is InChI=1S/C25H28N4O5S/c1-3-22(25(31)26-20-7-5-4-6-8-20)29-24(30)12-11-21(27-29)19-10-9-18(2)23(17-19)35(32,33)28-13-15-34-16-14-28/h4-12,17,22H,3,13-16H2,1-2H3,(H,26,31). The van der Waals surface area contributed by atoms with E-state index in [0.29, 0.717) is 55.2 Å². The third kappa shape index (κ3) is 5.34. The Bertz CT molecular complexity index is 1370. The number of para-hydroxylation sites is 1. The van der Waals surface area contributed by atoms with Crippen molar-refractivity contribution in [2.24, 2.45) is 0 Å². The lowest BCUT2D eigenvalue weighted by molar-refractivity contribution is -0.119. The highest BCUT2D eigenvalue weighted by atomic mass is 32.2. The number of hydrogen-bond acceptors (Lipinski definition) is 6. The van der Waals surface area contributed by atoms with Crippen LogP contribution in [-0.4, -0.2) is 54.7 Å². The van der Waals surface area contributed by atoms with Crippen LogP contribution in [-0.2, 0) is 19.6 Å². The Kier molecular flexibility index (Phi) is 7.44. The van der Waals surface area contributed by atoms with Gasteiger partial charge in [-0.2, -0.15) is 9.40 Å². The molecule has 35 heavy (non-hydrogen) atoms. The lowest BCUT2D eigenvalue weighted by Gasteiger charge is -2.26. The Morgan fingerprint density at radius 1 is 1.09 bits per heavy atom. The molecule has 2 aromatic carbocycles. The first-order valence-electron chi connectivity index (χ1n) is 11.5. The van der Waals surface area contributed by atoms with Crippen molar-refractivity contribution in [2.45, 2.75) is 31.2 Å². The fraction of sp³-hybridized carbons (Fsp3) is 0.320. The van der Waals surface area contributed by atoms with E-state index < -0.39 is 21.6 Å². The fourth-order valence-electron chi connectivity index (χ4n) is 3.98. The van der Waals surface area contributed by atoms with Crippen LogP contribution < -0.4 is 10.9 Å². The lowest BCUT2D eigenvalue weighted by Crippen LogP contribution is -2.40. The zero-order valence-corrected chi connectivity index (χ0v) is 20.5. The number of benzene rings is 2. The quantitative estimate of drug-likeness (QED) is 0.539. The van der Waals surface area contributed by atoms with Crippen molar-refractivity contribution < 1.29 is 17.9 Å². The zero-order valence-electron chi connectivity index (χ0n) is 19.7. The molecule has 10 heteroatoms. The van der Waals surface area contributed by atoms with Gasteiger partial charge in [-0.1, -0.05) is 37.3 Å². The van der Waals surface area contributed by atoms with Crippen molar-refractivity contribution in [1.29, 1.82) is 0 Å². The number of amides is 1. The van der Waals surface area contributed by atoms with Crippen LogP contribution in [0.4, 0.5) is 5.69 Å². The number of rotatable bonds is 7. The van der Waals surface area contributed by atoms with Crippen molar-refractivity contribution in [1.82, 2.24) is 14.1 Å². The monoisotopic (exact) mass is 496 g/mol. The van der Waals surface area contributed by atoms with E-state index in [9.17, 15) is 18.0 Å². The summed E-state index contributed by atoms with van der Waals surface area (Å²) in [5, 5.41) is 7.27. The molecule has 1 aliphatic heterocycles. The topological polar surface area (TPSA) is 111 Å². The Morgan fingerprint density at radius 3 is 2.49 bits per heavy atom. The number of ether oxygens (including phenoxy) is 1. The Morgan fingerprint density at radius 2 is 1.80 bits per heavy atom. The predicted molar refractivity (Wildman–Crippen MR) is 133 cm³/mol. The minimum Gasteiger partial charge on any atom is -0.379 e. The van der Waals surface area contributed by atoms with E-state index >= 15 is 0 Å². The van der Waals surface area contributed by atoms with E-state index in [0.717, 1.165) is 4.68 Å². The van der Waals surface area contributed by atoms with E-state index in [1.165, 1.54) is 16.4 Å². The number of carbonyl (C=O) groups is 1. The van der Waals surface area contributed by atoms with Crippen LogP contribution >= 0.6 is 0 Å². The molecule has 1 atom stereocenters. The van der Waals surface area contributed by atoms with Crippen LogP contribution in [0.1, 0.15) is 24.9 Å². The molecule has 0 radical (unpaired) electrons. The van der Waals surface area contributed by atoms with Crippen molar-refractivity contribution in [3.05, 3.63) is 76.6 Å². The second-order valence-corrected chi connectivity index (χ2v) is 10.2. The molecular formula is C25H28N4O5S. The first-order valence-corrected chi connectivity index (χ1v) is 12.9. The van der Waals surface area contributed by atoms with Gasteiger partial charge in [0.15, 0.2) is 0 Å². The molecule has 1 fully saturated rings. The number of hydrogen-bond donors (Lipinski definition) is 1. The molecular weight excluding hydrogens is 468 g/mol. The predicted octanol–water partition coefficient (Wildman–Crippen LogP) is 2.83. The third-order valence-electron chi connectivity index (χ3n) is 5.92. The number of nitrogens with one attached hydrogen (secondary N) is 1. The Balaban J connectivity index is 1.68. The summed E-state index contributed by atoms with van der Waals surface area (Å²) in [7, 11) is -3.72. The average Bonchev–Trinajstić information content (AvgIpc) is 2.87. The summed E-state index contributed by atoms with van der Waals surface area (Å²) < 4.78 is 34.4. The highest BCUT2D eigenvalue weighted by molar-refractivity contribution is 7.89. The van der Waals surface area contributed by atoms with Crippen molar-refractivity contribution in [3.8, 4) is 11.3 Å². The van der Waals surface area contributed by atoms with Crippen LogP contribution in [0.2, 0.25) is 0 Å². The molecule has 0 bridgehead atoms. The van der Waals surface area contributed by atoms with Gasteiger partial charge in [0.2, 0.25) is 15.9 Å². The van der Waals surface area contributed by atoms with Crippen molar-refractivity contribution in [2.75, 3.05) is 31.6 Å². The molecule has 1 aliphatic rings. The average molecular weight is 497 g/mol. The second-order valence-electron chi connectivity index (χ2n) is 8.28. The molecule has 3 aromatic rings. The van der Waals surface area contributed by atoms with E-state index in [-0.39, 0.29) is 10.8 Å². The highest BCUT2D eigenvalue weighted by Crippen LogP contribution is 2.27. The molecule has 4 rings (SSSR count). The van der Waals surface area contributed by atoms with Gasteiger partial charge in [0.25, 0.3) is 5.56 Å². The van der Waals surface area contributed by atoms with Crippen LogP contribution in [0, 0.1) is 6.92 Å². The molecule has 2 heterocycles. The normalized spacial score (nSPS) is 15.5. The molecule has 1 saturated heterocycles. The van der Waals surface area contributed by atoms with Crippen molar-refractivity contribution in [3.63, 3.8) is 0 Å². The van der Waals surface area contributed by atoms with Crippen LogP contribution in [0.25, 0.3) is 11.3 Å². The highest BCUT2D eigenvalue weighted by Gasteiger charge is 2.28. The van der Waals surface area contributed by atoms with E-state index in [2.05, 4.69) is 10.4 Å². The Labute approximate surface area is 204 Å². The number of morpholine rings is 1. The van der Waals surface area contributed by atoms with E-state index in [4.69, 9.17) is 4.74 Å². The minimum atomic E-state index is -3.72. The van der Waals surface area contributed by atoms with Gasteiger partial charge in [0.05, 0.1) is 23.8 Å². The molecule has 1 N–H and O–H groups in total. The molecule has 9 nitrogen and oxygen atoms in total. The van der Waals surface area contributed by atoms with Crippen LogP contribution in [0.15, 0.2) is 70.4 Å². The summed E-state index contributed by atoms with van der Waals surface area (Å²) in [6, 6.07) is 16.1. The summed E-state index contributed by atoms with van der Waals surface area (Å²) in [6.45, 7) is 4.84. The molecule has 1 aromatic heterocycles. The molecule has 184 valence electrons. The fourth-order valence-corrected chi connectivity index (χ4v) is 5.64. The summed E-state index contributed by atoms with van der Waals surface area (Å²) in [4.78, 5) is 25.8. The van der Waals surface area contributed by atoms with Gasteiger partial charge >= 0.3 is 0 Å². The molecule has 0 spiro atoms. The zero-order chi connectivity index (χ0) is 25.0. The minimum absolute atomic E-state index is 0.185. The van der Waals surface area contributed by atoms with Crippen molar-refractivity contribution >= 4 is 21.6 Å². The number of sulfonamides is 1. The SMILES string of the molecule is CCC(C(=O)Nc1ccccc1)n1nc(-c2ccc(C)c(S(=O)(=O)N3CCOCC3)c2)ccc1=O. The van der Waals surface area contributed by atoms with Gasteiger partial charge in [-0.3, -0.25) is 9.59 Å². The summed E-state index contributed by atoms with van der Waals surface area (Å²) in [5.41, 5.74) is 1.75. The van der Waals surface area contributed by atoms with Crippen LogP contribution in [0.3, 0.4) is 0 Å². The van der Waals surface area contributed by atoms with Gasteiger partial charge in [-0.15, -0.1) is 0 Å². The van der Waals surface area contributed by atoms with Gasteiger partial charge in [0, 0.05) is 30.4 Å².